The van der Waals surface area contributed by atoms with E-state index in [-0.39, 0.29) is 0 Å². The van der Waals surface area contributed by atoms with Crippen LogP contribution in [0.5, 0.6) is 0 Å². The second-order valence-electron chi connectivity index (χ2n) is 9.46. The first-order valence-electron chi connectivity index (χ1n) is 11.9. The Labute approximate surface area is 227 Å². The molecule has 0 radical (unpaired) electrons. The number of hydrogen-bond acceptors (Lipinski definition) is 3. The molecule has 1 aromatic heterocycles. The van der Waals surface area contributed by atoms with Crippen molar-refractivity contribution in [2.45, 2.75) is 39.2 Å². The van der Waals surface area contributed by atoms with E-state index in [9.17, 15) is 0 Å². The topological polar surface area (TPSA) is 29.5 Å². The Morgan fingerprint density at radius 3 is 1.88 bits per heavy atom. The van der Waals surface area contributed by atoms with E-state index in [1.807, 2.05) is 0 Å². The molecule has 0 amide bonds. The molecule has 1 aliphatic heterocycles. The van der Waals surface area contributed by atoms with E-state index in [4.69, 9.17) is 8.39 Å². The van der Waals surface area contributed by atoms with Gasteiger partial charge in [-0.25, -0.2) is 0 Å². The smallest absolute Gasteiger partial charge is 0.310 e. The summed E-state index contributed by atoms with van der Waals surface area (Å²) >= 11 is 4.90. The lowest BCUT2D eigenvalue weighted by Crippen LogP contribution is -2.40. The Kier molecular flexibility index (Phi) is 6.33. The first-order valence-corrected chi connectivity index (χ1v) is 15.2. The summed E-state index contributed by atoms with van der Waals surface area (Å²) in [6.45, 7) is 5.67. The lowest BCUT2D eigenvalue weighted by molar-refractivity contribution is 0.382. The number of piperidine rings is 1. The van der Waals surface area contributed by atoms with Crippen LogP contribution in [0.15, 0.2) is 69.1 Å². The number of hydrogen-bond donors (Lipinski definition) is 0. The van der Waals surface area contributed by atoms with Gasteiger partial charge in [-0.05, 0) is 97.6 Å². The maximum atomic E-state index is 6.96. The molecule has 4 aromatic carbocycles. The second kappa shape index (κ2) is 9.30. The highest BCUT2D eigenvalue weighted by atomic mass is 127. The minimum atomic E-state index is -1.28. The average molecular weight is 693 g/mol. The molecular weight excluding hydrogens is 667 g/mol. The first kappa shape index (κ1) is 23.1. The Morgan fingerprint density at radius 2 is 1.35 bits per heavy atom. The van der Waals surface area contributed by atoms with Gasteiger partial charge in [-0.1, -0.05) is 68.8 Å². The molecule has 6 heteroatoms. The minimum Gasteiger partial charge on any atom is -0.407 e. The molecular formula is C28H26I2NO2P. The number of halogens is 2. The van der Waals surface area contributed by atoms with Gasteiger partial charge >= 0.3 is 8.16 Å². The van der Waals surface area contributed by atoms with Crippen molar-refractivity contribution in [1.82, 2.24) is 0 Å². The summed E-state index contributed by atoms with van der Waals surface area (Å²) in [5.74, 6) is 0.559. The van der Waals surface area contributed by atoms with Crippen molar-refractivity contribution in [2.24, 2.45) is 5.92 Å². The fourth-order valence-electron chi connectivity index (χ4n) is 5.37. The summed E-state index contributed by atoms with van der Waals surface area (Å²) in [5.41, 5.74) is 1.92. The van der Waals surface area contributed by atoms with Gasteiger partial charge in [0.15, 0.2) is 11.2 Å². The second-order valence-corrected chi connectivity index (χ2v) is 13.1. The van der Waals surface area contributed by atoms with Crippen molar-refractivity contribution in [3.05, 3.63) is 67.8 Å². The molecule has 0 bridgehead atoms. The van der Waals surface area contributed by atoms with Gasteiger partial charge in [-0.3, -0.25) is 0 Å². The number of benzene rings is 4. The van der Waals surface area contributed by atoms with Crippen LogP contribution >= 0.6 is 53.3 Å². The van der Waals surface area contributed by atoms with Crippen LogP contribution in [-0.2, 0) is 0 Å². The molecule has 174 valence electrons. The van der Waals surface area contributed by atoms with Crippen LogP contribution < -0.4 is 4.67 Å². The van der Waals surface area contributed by atoms with Crippen molar-refractivity contribution < 1.29 is 8.39 Å². The van der Waals surface area contributed by atoms with Gasteiger partial charge in [-0.15, -0.1) is 0 Å². The van der Waals surface area contributed by atoms with E-state index < -0.39 is 8.16 Å². The zero-order valence-electron chi connectivity index (χ0n) is 19.2. The van der Waals surface area contributed by atoms with Crippen LogP contribution in [0.25, 0.3) is 43.5 Å². The van der Waals surface area contributed by atoms with Crippen LogP contribution in [0.4, 0.5) is 0 Å². The van der Waals surface area contributed by atoms with Crippen molar-refractivity contribution >= 4 is 96.8 Å². The minimum absolute atomic E-state index is 0.473. The zero-order valence-corrected chi connectivity index (χ0v) is 24.4. The molecule has 0 spiro atoms. The SMILES string of the molecule is CC(C)[C@@H]1CCCCN1p1oc2c(I)cc3ccccc3c2c2c(o1)c(I)cc1ccccc12. The fourth-order valence-corrected chi connectivity index (χ4v) is 9.01. The van der Waals surface area contributed by atoms with Gasteiger partial charge < -0.3 is 8.39 Å². The monoisotopic (exact) mass is 693 g/mol. The molecule has 3 nitrogen and oxygen atoms in total. The third-order valence-electron chi connectivity index (χ3n) is 7.00. The molecule has 1 atom stereocenters. The molecule has 1 aliphatic rings. The van der Waals surface area contributed by atoms with E-state index in [0.29, 0.717) is 12.0 Å². The van der Waals surface area contributed by atoms with Gasteiger partial charge in [0.1, 0.15) is 0 Å². The lowest BCUT2D eigenvalue weighted by Gasteiger charge is -2.35. The predicted octanol–water partition coefficient (Wildman–Crippen LogP) is 9.95. The normalized spacial score (nSPS) is 17.4. The fraction of sp³-hybridized carbons (Fsp3) is 0.286. The maximum absolute atomic E-state index is 6.96. The Hall–Kier alpha value is -1.28. The third kappa shape index (κ3) is 3.87. The third-order valence-corrected chi connectivity index (χ3v) is 10.2. The lowest BCUT2D eigenvalue weighted by atomic mass is 9.95. The molecule has 0 aliphatic carbocycles. The van der Waals surface area contributed by atoms with Crippen LogP contribution in [0.1, 0.15) is 33.1 Å². The van der Waals surface area contributed by atoms with Gasteiger partial charge in [0, 0.05) is 23.4 Å². The van der Waals surface area contributed by atoms with Crippen molar-refractivity contribution in [3.8, 4) is 0 Å². The zero-order chi connectivity index (χ0) is 23.4. The van der Waals surface area contributed by atoms with Gasteiger partial charge in [0.05, 0.1) is 7.14 Å². The van der Waals surface area contributed by atoms with Crippen LogP contribution in [0, 0.1) is 13.1 Å². The molecule has 1 saturated heterocycles. The average Bonchev–Trinajstić information content (AvgIpc) is 3.03. The van der Waals surface area contributed by atoms with Crippen molar-refractivity contribution in [2.75, 3.05) is 11.2 Å². The summed E-state index contributed by atoms with van der Waals surface area (Å²) < 4.78 is 18.7. The Balaban J connectivity index is 1.85. The molecule has 6 rings (SSSR count). The van der Waals surface area contributed by atoms with E-state index in [1.165, 1.54) is 40.8 Å². The highest BCUT2D eigenvalue weighted by Gasteiger charge is 2.30. The highest BCUT2D eigenvalue weighted by molar-refractivity contribution is 14.1. The van der Waals surface area contributed by atoms with Crippen LogP contribution in [-0.4, -0.2) is 12.6 Å². The summed E-state index contributed by atoms with van der Waals surface area (Å²) in [7, 11) is -1.28. The van der Waals surface area contributed by atoms with E-state index in [2.05, 4.69) is 124 Å². The van der Waals surface area contributed by atoms with Gasteiger partial charge in [0.2, 0.25) is 0 Å². The number of rotatable bonds is 2. The number of nitrogens with zero attached hydrogens (tertiary/aromatic N) is 1. The molecule has 0 unspecified atom stereocenters. The summed E-state index contributed by atoms with van der Waals surface area (Å²) in [6, 6.07) is 22.3. The van der Waals surface area contributed by atoms with Crippen molar-refractivity contribution in [3.63, 3.8) is 0 Å². The molecule has 34 heavy (non-hydrogen) atoms. The summed E-state index contributed by atoms with van der Waals surface area (Å²) in [4.78, 5) is 0. The van der Waals surface area contributed by atoms with Crippen LogP contribution in [0.2, 0.25) is 0 Å². The Morgan fingerprint density at radius 1 is 0.824 bits per heavy atom. The van der Waals surface area contributed by atoms with Crippen molar-refractivity contribution in [1.29, 1.82) is 0 Å². The predicted molar refractivity (Wildman–Crippen MR) is 162 cm³/mol. The quantitative estimate of drug-likeness (QED) is 0.173. The van der Waals surface area contributed by atoms with Gasteiger partial charge in [-0.2, -0.15) is 4.67 Å². The molecule has 2 heterocycles. The summed E-state index contributed by atoms with van der Waals surface area (Å²) in [5, 5.41) is 7.21. The Bertz CT molecular complexity index is 1490. The standard InChI is InChI=1S/C28H26I2NO2P/c1-17(2)24-13-7-8-14-31(24)34-32-27-22(29)15-18-9-3-5-11-20(18)25(27)26-21-12-6-4-10-19(21)16-23(30)28(26)33-34/h3-6,9-12,15-17,24H,7-8,13-14H2,1-2H3/t24-/m0/s1. The van der Waals surface area contributed by atoms with E-state index in [0.717, 1.165) is 35.6 Å². The molecule has 1 fully saturated rings. The summed E-state index contributed by atoms with van der Waals surface area (Å²) in [6.07, 6.45) is 3.67. The highest BCUT2D eigenvalue weighted by Crippen LogP contribution is 2.46. The molecule has 0 saturated carbocycles. The molecule has 0 N–H and O–H groups in total. The van der Waals surface area contributed by atoms with Gasteiger partial charge in [0.25, 0.3) is 0 Å². The first-order chi connectivity index (χ1) is 16.5. The molecule has 5 aromatic rings. The van der Waals surface area contributed by atoms with E-state index >= 15 is 0 Å². The maximum Gasteiger partial charge on any atom is 0.310 e. The van der Waals surface area contributed by atoms with Crippen LogP contribution in [0.3, 0.4) is 0 Å². The largest absolute Gasteiger partial charge is 0.407 e. The van der Waals surface area contributed by atoms with E-state index in [1.54, 1.807) is 0 Å². The number of fused-ring (bicyclic) bond motifs is 7.